The number of fused-ring (bicyclic) bond motifs is 3. The fraction of sp³-hybridized carbons (Fsp3) is 0. The average molecular weight is 791 g/mol. The SMILES string of the molecule is c1ccc(-c2cccc(-n3c4ccccc4c4cc(-c5ccccc5-c5ccc(N(c6ccccc6)c6ccc(-c7ccccc7-c7ccccc7)cc6)cc5)ccc43)c2)cc1. The van der Waals surface area contributed by atoms with E-state index in [9.17, 15) is 0 Å². The van der Waals surface area contributed by atoms with Gasteiger partial charge < -0.3 is 9.47 Å². The minimum Gasteiger partial charge on any atom is -0.311 e. The van der Waals surface area contributed by atoms with Crippen LogP contribution in [0.2, 0.25) is 0 Å². The maximum atomic E-state index is 2.40. The molecule has 0 saturated carbocycles. The monoisotopic (exact) mass is 790 g/mol. The van der Waals surface area contributed by atoms with Crippen LogP contribution in [0.4, 0.5) is 17.1 Å². The lowest BCUT2D eigenvalue weighted by Crippen LogP contribution is -2.09. The molecule has 0 aliphatic heterocycles. The van der Waals surface area contributed by atoms with Crippen molar-refractivity contribution in [3.8, 4) is 61.3 Å². The first-order valence-electron chi connectivity index (χ1n) is 21.3. The molecule has 0 aliphatic carbocycles. The zero-order chi connectivity index (χ0) is 41.2. The topological polar surface area (TPSA) is 8.17 Å². The second-order valence-electron chi connectivity index (χ2n) is 15.7. The van der Waals surface area contributed by atoms with Gasteiger partial charge in [-0.3, -0.25) is 0 Å². The molecule has 292 valence electrons. The van der Waals surface area contributed by atoms with E-state index in [0.717, 1.165) is 22.7 Å². The molecule has 1 aromatic heterocycles. The molecule has 10 aromatic carbocycles. The summed E-state index contributed by atoms with van der Waals surface area (Å²) in [5.41, 5.74) is 18.9. The predicted molar refractivity (Wildman–Crippen MR) is 263 cm³/mol. The average Bonchev–Trinajstić information content (AvgIpc) is 3.69. The van der Waals surface area contributed by atoms with Crippen molar-refractivity contribution in [2.45, 2.75) is 0 Å². The number of rotatable bonds is 9. The highest BCUT2D eigenvalue weighted by molar-refractivity contribution is 6.11. The van der Waals surface area contributed by atoms with E-state index in [1.54, 1.807) is 0 Å². The van der Waals surface area contributed by atoms with Gasteiger partial charge in [0.2, 0.25) is 0 Å². The van der Waals surface area contributed by atoms with Crippen molar-refractivity contribution in [1.29, 1.82) is 0 Å². The molecule has 0 amide bonds. The van der Waals surface area contributed by atoms with Crippen molar-refractivity contribution < 1.29 is 0 Å². The Kier molecular flexibility index (Phi) is 9.57. The molecular formula is C60H42N2. The van der Waals surface area contributed by atoms with Crippen LogP contribution in [0.1, 0.15) is 0 Å². The lowest BCUT2D eigenvalue weighted by Gasteiger charge is -2.26. The zero-order valence-electron chi connectivity index (χ0n) is 34.1. The van der Waals surface area contributed by atoms with Gasteiger partial charge in [0.05, 0.1) is 11.0 Å². The molecule has 0 unspecified atom stereocenters. The van der Waals surface area contributed by atoms with Crippen LogP contribution in [-0.2, 0) is 0 Å². The quantitative estimate of drug-likeness (QED) is 0.141. The van der Waals surface area contributed by atoms with E-state index in [0.29, 0.717) is 0 Å². The van der Waals surface area contributed by atoms with Gasteiger partial charge in [-0.15, -0.1) is 0 Å². The Bertz CT molecular complexity index is 3310. The molecule has 1 heterocycles. The Morgan fingerprint density at radius 3 is 1.26 bits per heavy atom. The van der Waals surface area contributed by atoms with Gasteiger partial charge in [0, 0.05) is 33.5 Å². The van der Waals surface area contributed by atoms with Gasteiger partial charge >= 0.3 is 0 Å². The lowest BCUT2D eigenvalue weighted by molar-refractivity contribution is 1.18. The summed E-state index contributed by atoms with van der Waals surface area (Å²) in [5, 5.41) is 2.48. The highest BCUT2D eigenvalue weighted by Gasteiger charge is 2.17. The summed E-state index contributed by atoms with van der Waals surface area (Å²) >= 11 is 0. The molecule has 62 heavy (non-hydrogen) atoms. The minimum absolute atomic E-state index is 1.10. The van der Waals surface area contributed by atoms with E-state index in [4.69, 9.17) is 0 Å². The normalized spacial score (nSPS) is 11.2. The number of hydrogen-bond acceptors (Lipinski definition) is 1. The summed E-state index contributed by atoms with van der Waals surface area (Å²) in [5.74, 6) is 0. The first-order valence-corrected chi connectivity index (χ1v) is 21.3. The molecule has 0 atom stereocenters. The number of anilines is 3. The number of hydrogen-bond donors (Lipinski definition) is 0. The first kappa shape index (κ1) is 36.8. The molecule has 0 N–H and O–H groups in total. The van der Waals surface area contributed by atoms with Gasteiger partial charge in [0.1, 0.15) is 0 Å². The molecule has 0 radical (unpaired) electrons. The van der Waals surface area contributed by atoms with Crippen molar-refractivity contribution in [3.05, 3.63) is 255 Å². The van der Waals surface area contributed by atoms with Crippen molar-refractivity contribution in [2.75, 3.05) is 4.90 Å². The third-order valence-corrected chi connectivity index (χ3v) is 12.0. The minimum atomic E-state index is 1.10. The summed E-state index contributed by atoms with van der Waals surface area (Å²) in [7, 11) is 0. The van der Waals surface area contributed by atoms with E-state index < -0.39 is 0 Å². The number of nitrogens with zero attached hydrogens (tertiary/aromatic N) is 2. The van der Waals surface area contributed by atoms with Crippen LogP contribution >= 0.6 is 0 Å². The van der Waals surface area contributed by atoms with Crippen LogP contribution in [0, 0.1) is 0 Å². The molecule has 0 saturated heterocycles. The summed E-state index contributed by atoms with van der Waals surface area (Å²) in [6.45, 7) is 0. The summed E-state index contributed by atoms with van der Waals surface area (Å²) < 4.78 is 2.40. The summed E-state index contributed by atoms with van der Waals surface area (Å²) in [6, 6.07) is 91.9. The van der Waals surface area contributed by atoms with Crippen LogP contribution in [0.25, 0.3) is 83.1 Å². The maximum Gasteiger partial charge on any atom is 0.0541 e. The smallest absolute Gasteiger partial charge is 0.0541 e. The maximum absolute atomic E-state index is 2.40. The van der Waals surface area contributed by atoms with Crippen LogP contribution in [0.5, 0.6) is 0 Å². The van der Waals surface area contributed by atoms with E-state index in [-0.39, 0.29) is 0 Å². The van der Waals surface area contributed by atoms with Gasteiger partial charge in [0.15, 0.2) is 0 Å². The predicted octanol–water partition coefficient (Wildman–Crippen LogP) is 16.6. The molecule has 0 aliphatic rings. The Balaban J connectivity index is 0.945. The highest BCUT2D eigenvalue weighted by atomic mass is 15.1. The number of aromatic nitrogens is 1. The Labute approximate surface area is 362 Å². The van der Waals surface area contributed by atoms with Crippen LogP contribution < -0.4 is 4.90 Å². The molecule has 0 bridgehead atoms. The zero-order valence-corrected chi connectivity index (χ0v) is 34.1. The van der Waals surface area contributed by atoms with Gasteiger partial charge in [-0.2, -0.15) is 0 Å². The van der Waals surface area contributed by atoms with Crippen LogP contribution in [0.3, 0.4) is 0 Å². The van der Waals surface area contributed by atoms with Crippen molar-refractivity contribution in [2.24, 2.45) is 0 Å². The van der Waals surface area contributed by atoms with Crippen molar-refractivity contribution in [1.82, 2.24) is 4.57 Å². The van der Waals surface area contributed by atoms with Gasteiger partial charge in [-0.25, -0.2) is 0 Å². The first-order chi connectivity index (χ1) is 30.8. The fourth-order valence-corrected chi connectivity index (χ4v) is 9.07. The highest BCUT2D eigenvalue weighted by Crippen LogP contribution is 2.41. The Hall–Kier alpha value is -8.20. The third-order valence-electron chi connectivity index (χ3n) is 12.0. The van der Waals surface area contributed by atoms with Crippen molar-refractivity contribution >= 4 is 38.9 Å². The van der Waals surface area contributed by atoms with Crippen LogP contribution in [0.15, 0.2) is 255 Å². The fourth-order valence-electron chi connectivity index (χ4n) is 9.07. The largest absolute Gasteiger partial charge is 0.311 e. The third kappa shape index (κ3) is 6.84. The van der Waals surface area contributed by atoms with Gasteiger partial charge in [-0.05, 0) is 122 Å². The van der Waals surface area contributed by atoms with Gasteiger partial charge in [-0.1, -0.05) is 188 Å². The van der Waals surface area contributed by atoms with E-state index in [1.807, 2.05) is 0 Å². The second kappa shape index (κ2) is 16.1. The van der Waals surface area contributed by atoms with E-state index in [1.165, 1.54) is 77.4 Å². The molecule has 2 nitrogen and oxygen atoms in total. The number of benzene rings is 10. The van der Waals surface area contributed by atoms with Crippen LogP contribution in [-0.4, -0.2) is 4.57 Å². The molecule has 0 fully saturated rings. The molecular weight excluding hydrogens is 749 g/mol. The molecule has 2 heteroatoms. The van der Waals surface area contributed by atoms with E-state index in [2.05, 4.69) is 264 Å². The molecule has 0 spiro atoms. The molecule has 11 aromatic rings. The summed E-state index contributed by atoms with van der Waals surface area (Å²) in [6.07, 6.45) is 0. The number of para-hydroxylation sites is 2. The summed E-state index contributed by atoms with van der Waals surface area (Å²) in [4.78, 5) is 2.34. The van der Waals surface area contributed by atoms with E-state index >= 15 is 0 Å². The lowest BCUT2D eigenvalue weighted by atomic mass is 9.93. The Morgan fingerprint density at radius 2 is 0.661 bits per heavy atom. The van der Waals surface area contributed by atoms with Gasteiger partial charge in [0.25, 0.3) is 0 Å². The molecule has 11 rings (SSSR count). The standard InChI is InChI=1S/C60H42N2/c1-4-17-43(18-5-1)47-21-16-24-52(41-47)62-59-30-15-14-29-57(59)58-42-48(35-40-60(58)62)56-28-13-12-27-55(56)46-33-38-51(39-34-46)61(49-22-8-3-9-23-49)50-36-31-45(32-37-50)54-26-11-10-25-53(54)44-19-6-2-7-20-44/h1-42H. The van der Waals surface area contributed by atoms with Crippen molar-refractivity contribution in [3.63, 3.8) is 0 Å². The second-order valence-corrected chi connectivity index (χ2v) is 15.7. The Morgan fingerprint density at radius 1 is 0.242 bits per heavy atom.